The molecule has 0 unspecified atom stereocenters. The average Bonchev–Trinajstić information content (AvgIpc) is 2.65. The fourth-order valence-electron chi connectivity index (χ4n) is 2.00. The molecule has 0 aromatic heterocycles. The first-order valence-corrected chi connectivity index (χ1v) is 5.39. The molecule has 2 rings (SSSR count). The Hall–Kier alpha value is -0.480. The van der Waals surface area contributed by atoms with Crippen molar-refractivity contribution >= 4 is 24.8 Å². The van der Waals surface area contributed by atoms with Gasteiger partial charge in [0.25, 0.3) is 0 Å². The zero-order valence-electron chi connectivity index (χ0n) is 9.96. The van der Waals surface area contributed by atoms with Crippen LogP contribution in [-0.2, 0) is 6.54 Å². The average molecular weight is 279 g/mol. The van der Waals surface area contributed by atoms with Gasteiger partial charge in [-0.05, 0) is 24.1 Å². The van der Waals surface area contributed by atoms with E-state index >= 15 is 0 Å². The largest absolute Gasteiger partial charge is 0.497 e. The zero-order chi connectivity index (χ0) is 10.7. The van der Waals surface area contributed by atoms with Crippen LogP contribution < -0.4 is 10.5 Å². The Labute approximate surface area is 115 Å². The number of halogens is 2. The number of rotatable bonds is 3. The van der Waals surface area contributed by atoms with Crippen LogP contribution in [0.15, 0.2) is 24.3 Å². The summed E-state index contributed by atoms with van der Waals surface area (Å²) in [6, 6.07) is 8.60. The molecule has 1 aliphatic heterocycles. The highest BCUT2D eigenvalue weighted by atomic mass is 35.5. The standard InChI is InChI=1S/C12H18N2O.2ClH/c1-15-12-4-2-10(3-5-12)8-14-7-6-11(13)9-14;;/h2-5,11H,6-9,13H2,1H3;2*1H/t11-;;/m1../s1. The van der Waals surface area contributed by atoms with Crippen molar-refractivity contribution < 1.29 is 4.74 Å². The van der Waals surface area contributed by atoms with E-state index in [4.69, 9.17) is 10.5 Å². The van der Waals surface area contributed by atoms with Crippen molar-refractivity contribution in [1.82, 2.24) is 4.90 Å². The molecule has 1 aromatic carbocycles. The molecule has 1 fully saturated rings. The minimum Gasteiger partial charge on any atom is -0.497 e. The molecule has 0 saturated carbocycles. The van der Waals surface area contributed by atoms with Crippen LogP contribution in [0.3, 0.4) is 0 Å². The molecule has 1 aliphatic rings. The summed E-state index contributed by atoms with van der Waals surface area (Å²) in [6.07, 6.45) is 1.12. The summed E-state index contributed by atoms with van der Waals surface area (Å²) in [5.41, 5.74) is 7.19. The lowest BCUT2D eigenvalue weighted by atomic mass is 10.2. The van der Waals surface area contributed by atoms with Crippen LogP contribution in [0.25, 0.3) is 0 Å². The third-order valence-corrected chi connectivity index (χ3v) is 2.87. The molecule has 3 nitrogen and oxygen atoms in total. The molecular weight excluding hydrogens is 259 g/mol. The van der Waals surface area contributed by atoms with Crippen LogP contribution in [0.4, 0.5) is 0 Å². The van der Waals surface area contributed by atoms with Gasteiger partial charge in [0.15, 0.2) is 0 Å². The Morgan fingerprint density at radius 1 is 1.29 bits per heavy atom. The molecule has 0 amide bonds. The third kappa shape index (κ3) is 4.72. The molecule has 17 heavy (non-hydrogen) atoms. The summed E-state index contributed by atoms with van der Waals surface area (Å²) in [5.74, 6) is 0.914. The Bertz CT molecular complexity index is 319. The molecule has 1 saturated heterocycles. The number of hydrogen-bond acceptors (Lipinski definition) is 3. The van der Waals surface area contributed by atoms with E-state index in [1.807, 2.05) is 12.1 Å². The second-order valence-electron chi connectivity index (χ2n) is 4.13. The third-order valence-electron chi connectivity index (χ3n) is 2.87. The first-order chi connectivity index (χ1) is 7.28. The van der Waals surface area contributed by atoms with Gasteiger partial charge in [-0.3, -0.25) is 4.90 Å². The first kappa shape index (κ1) is 16.5. The van der Waals surface area contributed by atoms with Crippen molar-refractivity contribution in [3.8, 4) is 5.75 Å². The first-order valence-electron chi connectivity index (χ1n) is 5.39. The number of ether oxygens (including phenoxy) is 1. The Kier molecular flexibility index (Phi) is 7.55. The second-order valence-corrected chi connectivity index (χ2v) is 4.13. The van der Waals surface area contributed by atoms with E-state index in [1.165, 1.54) is 5.56 Å². The molecule has 5 heteroatoms. The van der Waals surface area contributed by atoms with Gasteiger partial charge in [-0.1, -0.05) is 12.1 Å². The topological polar surface area (TPSA) is 38.5 Å². The Morgan fingerprint density at radius 2 is 1.94 bits per heavy atom. The lowest BCUT2D eigenvalue weighted by molar-refractivity contribution is 0.326. The molecule has 1 aromatic rings. The number of benzene rings is 1. The van der Waals surface area contributed by atoms with Crippen LogP contribution in [-0.4, -0.2) is 31.1 Å². The van der Waals surface area contributed by atoms with Crippen LogP contribution >= 0.6 is 24.8 Å². The van der Waals surface area contributed by atoms with Crippen LogP contribution in [0.5, 0.6) is 5.75 Å². The van der Waals surface area contributed by atoms with E-state index in [2.05, 4.69) is 17.0 Å². The maximum absolute atomic E-state index is 5.86. The quantitative estimate of drug-likeness (QED) is 0.920. The van der Waals surface area contributed by atoms with Crippen molar-refractivity contribution in [1.29, 1.82) is 0 Å². The van der Waals surface area contributed by atoms with Crippen molar-refractivity contribution in [2.24, 2.45) is 5.73 Å². The highest BCUT2D eigenvalue weighted by molar-refractivity contribution is 5.85. The maximum Gasteiger partial charge on any atom is 0.118 e. The number of nitrogens with zero attached hydrogens (tertiary/aromatic N) is 1. The van der Waals surface area contributed by atoms with Gasteiger partial charge in [0, 0.05) is 25.7 Å². The van der Waals surface area contributed by atoms with Gasteiger partial charge >= 0.3 is 0 Å². The van der Waals surface area contributed by atoms with Gasteiger partial charge in [0.05, 0.1) is 7.11 Å². The number of nitrogens with two attached hydrogens (primary N) is 1. The van der Waals surface area contributed by atoms with Gasteiger partial charge < -0.3 is 10.5 Å². The molecule has 98 valence electrons. The molecule has 0 radical (unpaired) electrons. The highest BCUT2D eigenvalue weighted by Crippen LogP contribution is 2.15. The molecular formula is C12H20Cl2N2O. The molecule has 0 spiro atoms. The molecule has 1 heterocycles. The summed E-state index contributed by atoms with van der Waals surface area (Å²) >= 11 is 0. The fourth-order valence-corrected chi connectivity index (χ4v) is 2.00. The van der Waals surface area contributed by atoms with Crippen LogP contribution in [0.2, 0.25) is 0 Å². The van der Waals surface area contributed by atoms with E-state index in [0.29, 0.717) is 6.04 Å². The predicted molar refractivity (Wildman–Crippen MR) is 75.4 cm³/mol. The van der Waals surface area contributed by atoms with E-state index in [0.717, 1.165) is 31.8 Å². The Balaban J connectivity index is 0.00000128. The lowest BCUT2D eigenvalue weighted by Crippen LogP contribution is -2.26. The number of likely N-dealkylation sites (tertiary alicyclic amines) is 1. The Morgan fingerprint density at radius 3 is 2.41 bits per heavy atom. The normalized spacial score (nSPS) is 19.3. The van der Waals surface area contributed by atoms with Gasteiger partial charge in [-0.25, -0.2) is 0 Å². The van der Waals surface area contributed by atoms with Crippen LogP contribution in [0, 0.1) is 0 Å². The summed E-state index contributed by atoms with van der Waals surface area (Å²) in [6.45, 7) is 3.14. The van der Waals surface area contributed by atoms with E-state index in [1.54, 1.807) is 7.11 Å². The molecule has 0 aliphatic carbocycles. The van der Waals surface area contributed by atoms with Gasteiger partial charge in [0.1, 0.15) is 5.75 Å². The van der Waals surface area contributed by atoms with Crippen molar-refractivity contribution in [2.45, 2.75) is 19.0 Å². The van der Waals surface area contributed by atoms with Crippen LogP contribution in [0.1, 0.15) is 12.0 Å². The van der Waals surface area contributed by atoms with Gasteiger partial charge in [0.2, 0.25) is 0 Å². The summed E-state index contributed by atoms with van der Waals surface area (Å²) in [5, 5.41) is 0. The highest BCUT2D eigenvalue weighted by Gasteiger charge is 2.18. The molecule has 0 bridgehead atoms. The van der Waals surface area contributed by atoms with Crippen molar-refractivity contribution in [3.05, 3.63) is 29.8 Å². The minimum atomic E-state index is 0. The van der Waals surface area contributed by atoms with Crippen molar-refractivity contribution in [3.63, 3.8) is 0 Å². The van der Waals surface area contributed by atoms with Crippen molar-refractivity contribution in [2.75, 3.05) is 20.2 Å². The van der Waals surface area contributed by atoms with E-state index in [9.17, 15) is 0 Å². The SMILES string of the molecule is COc1ccc(CN2CC[C@@H](N)C2)cc1.Cl.Cl. The molecule has 1 atom stereocenters. The summed E-state index contributed by atoms with van der Waals surface area (Å²) < 4.78 is 5.12. The zero-order valence-corrected chi connectivity index (χ0v) is 11.6. The maximum atomic E-state index is 5.86. The van der Waals surface area contributed by atoms with Gasteiger partial charge in [-0.2, -0.15) is 0 Å². The molecule has 2 N–H and O–H groups in total. The second kappa shape index (κ2) is 7.77. The monoisotopic (exact) mass is 278 g/mol. The van der Waals surface area contributed by atoms with E-state index in [-0.39, 0.29) is 24.8 Å². The lowest BCUT2D eigenvalue weighted by Gasteiger charge is -2.15. The van der Waals surface area contributed by atoms with Gasteiger partial charge in [-0.15, -0.1) is 24.8 Å². The summed E-state index contributed by atoms with van der Waals surface area (Å²) in [7, 11) is 1.69. The number of hydrogen-bond donors (Lipinski definition) is 1. The number of methoxy groups -OCH3 is 1. The smallest absolute Gasteiger partial charge is 0.118 e. The summed E-state index contributed by atoms with van der Waals surface area (Å²) in [4.78, 5) is 2.40. The minimum absolute atomic E-state index is 0. The van der Waals surface area contributed by atoms with E-state index < -0.39 is 0 Å². The fraction of sp³-hybridized carbons (Fsp3) is 0.500. The predicted octanol–water partition coefficient (Wildman–Crippen LogP) is 2.07.